The summed E-state index contributed by atoms with van der Waals surface area (Å²) in [5.41, 5.74) is 4.19. The lowest BCUT2D eigenvalue weighted by Crippen LogP contribution is -2.14. The fraction of sp³-hybridized carbons (Fsp3) is 0.238. The summed E-state index contributed by atoms with van der Waals surface area (Å²) in [5, 5.41) is 6.44. The highest BCUT2D eigenvalue weighted by Crippen LogP contribution is 2.33. The molecule has 0 aliphatic heterocycles. The molecule has 29 heavy (non-hydrogen) atoms. The summed E-state index contributed by atoms with van der Waals surface area (Å²) in [6, 6.07) is 8.86. The number of amides is 1. The van der Waals surface area contributed by atoms with Crippen LogP contribution in [-0.2, 0) is 4.74 Å². The summed E-state index contributed by atoms with van der Waals surface area (Å²) in [4.78, 5) is 34.4. The topological polar surface area (TPSA) is 93.2 Å². The van der Waals surface area contributed by atoms with Gasteiger partial charge in [-0.15, -0.1) is 11.3 Å². The molecule has 0 aliphatic carbocycles. The number of carbonyl (C=O) groups is 2. The van der Waals surface area contributed by atoms with Gasteiger partial charge < -0.3 is 15.4 Å². The summed E-state index contributed by atoms with van der Waals surface area (Å²) in [5.74, 6) is -0.257. The van der Waals surface area contributed by atoms with Gasteiger partial charge in [-0.1, -0.05) is 0 Å². The van der Waals surface area contributed by atoms with E-state index in [9.17, 15) is 9.59 Å². The first-order chi connectivity index (χ1) is 13.8. The molecule has 2 N–H and O–H groups in total. The van der Waals surface area contributed by atoms with Crippen molar-refractivity contribution in [3.05, 3.63) is 63.3 Å². The molecular formula is C21H22N4O3S. The van der Waals surface area contributed by atoms with E-state index in [1.807, 2.05) is 33.8 Å². The lowest BCUT2D eigenvalue weighted by molar-refractivity contribution is 0.0601. The van der Waals surface area contributed by atoms with Crippen LogP contribution in [0.2, 0.25) is 0 Å². The van der Waals surface area contributed by atoms with Gasteiger partial charge >= 0.3 is 5.97 Å². The van der Waals surface area contributed by atoms with Gasteiger partial charge in [0, 0.05) is 27.5 Å². The molecule has 0 spiro atoms. The number of benzene rings is 1. The van der Waals surface area contributed by atoms with Crippen LogP contribution in [0.1, 0.15) is 42.5 Å². The Labute approximate surface area is 173 Å². The van der Waals surface area contributed by atoms with Crippen LogP contribution < -0.4 is 10.6 Å². The van der Waals surface area contributed by atoms with E-state index in [0.29, 0.717) is 22.1 Å². The number of nitrogens with zero attached hydrogens (tertiary/aromatic N) is 2. The van der Waals surface area contributed by atoms with Crippen molar-refractivity contribution in [3.8, 4) is 0 Å². The summed E-state index contributed by atoms with van der Waals surface area (Å²) in [7, 11) is 1.32. The number of ether oxygens (including phenoxy) is 1. The van der Waals surface area contributed by atoms with E-state index in [0.717, 1.165) is 27.5 Å². The molecule has 1 aromatic carbocycles. The number of aryl methyl sites for hydroxylation is 3. The molecule has 0 aliphatic rings. The van der Waals surface area contributed by atoms with E-state index in [1.54, 1.807) is 24.3 Å². The Balaban J connectivity index is 1.76. The summed E-state index contributed by atoms with van der Waals surface area (Å²) >= 11 is 1.35. The summed E-state index contributed by atoms with van der Waals surface area (Å²) in [6.45, 7) is 7.55. The Hall–Kier alpha value is -3.26. The van der Waals surface area contributed by atoms with Crippen LogP contribution in [0.15, 0.2) is 30.3 Å². The van der Waals surface area contributed by atoms with Crippen molar-refractivity contribution in [1.82, 2.24) is 9.97 Å². The van der Waals surface area contributed by atoms with Gasteiger partial charge in [-0.2, -0.15) is 0 Å². The van der Waals surface area contributed by atoms with E-state index in [-0.39, 0.29) is 5.91 Å². The van der Waals surface area contributed by atoms with Crippen LogP contribution in [-0.4, -0.2) is 29.0 Å². The molecule has 0 radical (unpaired) electrons. The Morgan fingerprint density at radius 1 is 1.00 bits per heavy atom. The number of anilines is 3. The van der Waals surface area contributed by atoms with Gasteiger partial charge in [-0.25, -0.2) is 14.8 Å². The van der Waals surface area contributed by atoms with Crippen molar-refractivity contribution >= 4 is 39.9 Å². The highest BCUT2D eigenvalue weighted by atomic mass is 32.1. The third kappa shape index (κ3) is 4.60. The zero-order valence-corrected chi connectivity index (χ0v) is 17.7. The van der Waals surface area contributed by atoms with Gasteiger partial charge in [-0.3, -0.25) is 4.79 Å². The molecule has 0 atom stereocenters. The van der Waals surface area contributed by atoms with E-state index < -0.39 is 5.97 Å². The first-order valence-corrected chi connectivity index (χ1v) is 9.79. The number of carbonyl (C=O) groups excluding carboxylic acids is 2. The van der Waals surface area contributed by atoms with Crippen LogP contribution >= 0.6 is 11.3 Å². The highest BCUT2D eigenvalue weighted by Gasteiger charge is 2.22. The van der Waals surface area contributed by atoms with Crippen molar-refractivity contribution in [2.75, 3.05) is 17.7 Å². The molecule has 7 nitrogen and oxygen atoms in total. The Bertz CT molecular complexity index is 1050. The minimum Gasteiger partial charge on any atom is -0.465 e. The number of rotatable bonds is 5. The normalized spacial score (nSPS) is 10.5. The number of hydrogen-bond donors (Lipinski definition) is 2. The van der Waals surface area contributed by atoms with Gasteiger partial charge in [0.25, 0.3) is 5.91 Å². The van der Waals surface area contributed by atoms with Gasteiger partial charge in [0.2, 0.25) is 5.95 Å². The van der Waals surface area contributed by atoms with Crippen molar-refractivity contribution in [1.29, 1.82) is 0 Å². The molecule has 0 fully saturated rings. The zero-order chi connectivity index (χ0) is 21.1. The number of nitrogens with one attached hydrogen (secondary N) is 2. The minimum atomic E-state index is -0.463. The first kappa shape index (κ1) is 20.5. The van der Waals surface area contributed by atoms with Gasteiger partial charge in [0.1, 0.15) is 5.00 Å². The molecule has 2 aromatic heterocycles. The number of esters is 1. The quantitative estimate of drug-likeness (QED) is 0.599. The number of thiophene rings is 1. The van der Waals surface area contributed by atoms with E-state index in [1.165, 1.54) is 18.4 Å². The van der Waals surface area contributed by atoms with Crippen LogP contribution in [0.25, 0.3) is 0 Å². The molecule has 0 bridgehead atoms. The predicted octanol–water partition coefficient (Wildman–Crippen LogP) is 4.55. The lowest BCUT2D eigenvalue weighted by atomic mass is 10.1. The standard InChI is InChI=1S/C21H22N4O3S/c1-11-10-12(2)23-21(22-11)24-16-8-6-15(7-9-16)18(26)25-19-17(20(27)28-5)13(3)14(4)29-19/h6-10H,1-5H3,(H,25,26)(H,22,23,24). The number of aromatic nitrogens is 2. The molecule has 8 heteroatoms. The number of hydrogen-bond acceptors (Lipinski definition) is 7. The Morgan fingerprint density at radius 3 is 2.21 bits per heavy atom. The Morgan fingerprint density at radius 2 is 1.62 bits per heavy atom. The second kappa shape index (κ2) is 8.40. The first-order valence-electron chi connectivity index (χ1n) is 8.97. The molecule has 0 saturated heterocycles. The molecular weight excluding hydrogens is 388 g/mol. The van der Waals surface area contributed by atoms with Crippen LogP contribution in [0.3, 0.4) is 0 Å². The molecule has 2 heterocycles. The molecule has 1 amide bonds. The average molecular weight is 410 g/mol. The van der Waals surface area contributed by atoms with E-state index >= 15 is 0 Å². The predicted molar refractivity (Wildman–Crippen MR) is 114 cm³/mol. The second-order valence-corrected chi connectivity index (χ2v) is 7.83. The highest BCUT2D eigenvalue weighted by molar-refractivity contribution is 7.16. The van der Waals surface area contributed by atoms with Crippen molar-refractivity contribution in [2.24, 2.45) is 0 Å². The fourth-order valence-corrected chi connectivity index (χ4v) is 3.90. The minimum absolute atomic E-state index is 0.300. The van der Waals surface area contributed by atoms with Crippen molar-refractivity contribution < 1.29 is 14.3 Å². The zero-order valence-electron chi connectivity index (χ0n) is 16.9. The van der Waals surface area contributed by atoms with E-state index in [4.69, 9.17) is 4.74 Å². The maximum absolute atomic E-state index is 12.7. The number of methoxy groups -OCH3 is 1. The Kier molecular flexibility index (Phi) is 5.93. The molecule has 0 unspecified atom stereocenters. The fourth-order valence-electron chi connectivity index (χ4n) is 2.85. The third-order valence-electron chi connectivity index (χ3n) is 4.39. The van der Waals surface area contributed by atoms with Crippen LogP contribution in [0.4, 0.5) is 16.6 Å². The SMILES string of the molecule is COC(=O)c1c(NC(=O)c2ccc(Nc3nc(C)cc(C)n3)cc2)sc(C)c1C. The third-order valence-corrected chi connectivity index (χ3v) is 5.51. The summed E-state index contributed by atoms with van der Waals surface area (Å²) < 4.78 is 4.84. The van der Waals surface area contributed by atoms with Crippen molar-refractivity contribution in [3.63, 3.8) is 0 Å². The molecule has 3 aromatic rings. The van der Waals surface area contributed by atoms with Gasteiger partial charge in [-0.05, 0) is 63.6 Å². The summed E-state index contributed by atoms with van der Waals surface area (Å²) in [6.07, 6.45) is 0. The van der Waals surface area contributed by atoms with Crippen LogP contribution in [0, 0.1) is 27.7 Å². The maximum Gasteiger partial charge on any atom is 0.341 e. The lowest BCUT2D eigenvalue weighted by Gasteiger charge is -2.09. The smallest absolute Gasteiger partial charge is 0.341 e. The largest absolute Gasteiger partial charge is 0.465 e. The van der Waals surface area contributed by atoms with E-state index in [2.05, 4.69) is 20.6 Å². The average Bonchev–Trinajstić information content (AvgIpc) is 2.94. The van der Waals surface area contributed by atoms with Gasteiger partial charge in [0.05, 0.1) is 12.7 Å². The molecule has 3 rings (SSSR count). The molecule has 0 saturated carbocycles. The van der Waals surface area contributed by atoms with Crippen molar-refractivity contribution in [2.45, 2.75) is 27.7 Å². The maximum atomic E-state index is 12.7. The monoisotopic (exact) mass is 410 g/mol. The van der Waals surface area contributed by atoms with Crippen LogP contribution in [0.5, 0.6) is 0 Å². The second-order valence-electron chi connectivity index (χ2n) is 6.61. The van der Waals surface area contributed by atoms with Gasteiger partial charge in [0.15, 0.2) is 0 Å². The molecule has 150 valence electrons.